The Morgan fingerprint density at radius 1 is 0.967 bits per heavy atom. The summed E-state index contributed by atoms with van der Waals surface area (Å²) >= 11 is 6.22. The van der Waals surface area contributed by atoms with E-state index in [0.717, 1.165) is 86.8 Å². The number of ether oxygens (including phenoxy) is 1. The van der Waals surface area contributed by atoms with Crippen LogP contribution in [-0.2, 0) is 14.8 Å². The lowest BCUT2D eigenvalue weighted by Gasteiger charge is -2.39. The summed E-state index contributed by atoms with van der Waals surface area (Å²) in [6.45, 7) is 7.30. The Labute approximate surface area is 350 Å². The Morgan fingerprint density at radius 2 is 1.70 bits per heavy atom. The van der Waals surface area contributed by atoms with Gasteiger partial charge in [-0.15, -0.1) is 13.2 Å². The molecule has 0 saturated carbocycles. The van der Waals surface area contributed by atoms with Crippen molar-refractivity contribution in [1.82, 2.24) is 14.6 Å². The number of nitrogens with one attached hydrogen (secondary N) is 3. The minimum Gasteiger partial charge on any atom is -0.377 e. The molecule has 7 rings (SSSR count). The van der Waals surface area contributed by atoms with Gasteiger partial charge >= 0.3 is 6.36 Å². The second-order valence-electron chi connectivity index (χ2n) is 15.8. The van der Waals surface area contributed by atoms with Gasteiger partial charge in [0.05, 0.1) is 16.4 Å². The number of sulfonamides is 1. The second kappa shape index (κ2) is 17.3. The molecule has 4 aromatic carbocycles. The van der Waals surface area contributed by atoms with E-state index in [1.165, 1.54) is 16.7 Å². The van der Waals surface area contributed by atoms with Crippen LogP contribution in [0.3, 0.4) is 0 Å². The van der Waals surface area contributed by atoms with Crippen molar-refractivity contribution in [2.24, 2.45) is 5.41 Å². The molecular weight excluding hydrogens is 821 g/mol. The fourth-order valence-electron chi connectivity index (χ4n) is 7.85. The molecule has 1 saturated heterocycles. The van der Waals surface area contributed by atoms with E-state index in [2.05, 4.69) is 55.5 Å². The molecule has 2 aliphatic rings. The number of hydrogen-bond acceptors (Lipinski definition) is 9. The Balaban J connectivity index is 1.10. The summed E-state index contributed by atoms with van der Waals surface area (Å²) in [6, 6.07) is 23.6. The standard InChI is InChI=1S/C43H44ClF3N6O6S/c1-42(2)15-13-31(37(26-42)28-3-6-32(44)7-4-28)27-51-18-20-52(21-19-51)33-8-10-35(36(24-33)29-5-11-38-30(23-29)14-16-48-38)41(54)50-60(57,58)34-9-12-39(40(25-34)53(55)56)49-17-22-59-43(45,46)47/h3-12,14,16,23-25,48-49H,13,15,17-22,26-27H2,1-2H3,(H,50,54). The van der Waals surface area contributed by atoms with E-state index < -0.39 is 51.0 Å². The minimum atomic E-state index is -4.89. The van der Waals surface area contributed by atoms with Crippen molar-refractivity contribution in [1.29, 1.82) is 0 Å². The zero-order valence-corrected chi connectivity index (χ0v) is 34.5. The zero-order chi connectivity index (χ0) is 42.8. The van der Waals surface area contributed by atoms with Gasteiger partial charge in [-0.1, -0.05) is 49.2 Å². The van der Waals surface area contributed by atoms with Gasteiger partial charge in [0.25, 0.3) is 21.6 Å². The number of benzene rings is 4. The lowest BCUT2D eigenvalue weighted by Crippen LogP contribution is -2.47. The predicted molar refractivity (Wildman–Crippen MR) is 227 cm³/mol. The number of halogens is 4. The van der Waals surface area contributed by atoms with Crippen LogP contribution >= 0.6 is 11.6 Å². The number of nitrogens with zero attached hydrogens (tertiary/aromatic N) is 3. The summed E-state index contributed by atoms with van der Waals surface area (Å²) in [4.78, 5) is 32.2. The molecule has 0 radical (unpaired) electrons. The molecule has 5 aromatic rings. The van der Waals surface area contributed by atoms with Gasteiger partial charge in [0.2, 0.25) is 0 Å². The van der Waals surface area contributed by atoms with Gasteiger partial charge in [-0.05, 0) is 113 Å². The summed E-state index contributed by atoms with van der Waals surface area (Å²) in [5.41, 5.74) is 6.29. The Hall–Kier alpha value is -5.42. The quantitative estimate of drug-likeness (QED) is 0.0598. The van der Waals surface area contributed by atoms with E-state index in [1.54, 1.807) is 18.3 Å². The van der Waals surface area contributed by atoms with E-state index >= 15 is 0 Å². The number of H-pyrrole nitrogens is 1. The van der Waals surface area contributed by atoms with Crippen LogP contribution in [0, 0.1) is 15.5 Å². The van der Waals surface area contributed by atoms with Crippen molar-refractivity contribution in [3.8, 4) is 11.1 Å². The van der Waals surface area contributed by atoms with E-state index in [1.807, 2.05) is 42.5 Å². The molecule has 12 nitrogen and oxygen atoms in total. The number of hydrogen-bond donors (Lipinski definition) is 3. The number of rotatable bonds is 13. The number of amides is 1. The minimum absolute atomic E-state index is 0.0650. The van der Waals surface area contributed by atoms with Crippen LogP contribution < -0.4 is 14.9 Å². The Kier molecular flexibility index (Phi) is 12.3. The van der Waals surface area contributed by atoms with Crippen molar-refractivity contribution in [2.45, 2.75) is 44.4 Å². The third kappa shape index (κ3) is 10.1. The van der Waals surface area contributed by atoms with E-state index in [9.17, 15) is 36.5 Å². The number of nitro groups is 1. The van der Waals surface area contributed by atoms with Gasteiger partial charge in [0, 0.05) is 73.3 Å². The summed E-state index contributed by atoms with van der Waals surface area (Å²) in [5.74, 6) is -0.954. The van der Waals surface area contributed by atoms with Gasteiger partial charge in [-0.25, -0.2) is 13.1 Å². The third-order valence-corrected chi connectivity index (χ3v) is 12.6. The number of aromatic amines is 1. The van der Waals surface area contributed by atoms with Crippen molar-refractivity contribution < 1.29 is 36.0 Å². The zero-order valence-electron chi connectivity index (χ0n) is 32.9. The number of anilines is 2. The molecule has 0 atom stereocenters. The number of piperazine rings is 1. The highest BCUT2D eigenvalue weighted by Crippen LogP contribution is 2.43. The molecule has 1 aromatic heterocycles. The monoisotopic (exact) mass is 864 g/mol. The molecule has 17 heteroatoms. The Bertz CT molecular complexity index is 2550. The topological polar surface area (TPSA) is 150 Å². The number of nitro benzene ring substituents is 1. The van der Waals surface area contributed by atoms with E-state index in [0.29, 0.717) is 16.1 Å². The summed E-state index contributed by atoms with van der Waals surface area (Å²) in [5, 5.41) is 15.9. The second-order valence-corrected chi connectivity index (χ2v) is 17.9. The van der Waals surface area contributed by atoms with Gasteiger partial charge in [-0.2, -0.15) is 0 Å². The maximum atomic E-state index is 13.9. The van der Waals surface area contributed by atoms with Crippen molar-refractivity contribution in [2.75, 3.05) is 56.1 Å². The molecular formula is C43H44ClF3N6O6S. The Morgan fingerprint density at radius 3 is 2.42 bits per heavy atom. The highest BCUT2D eigenvalue weighted by atomic mass is 35.5. The first-order chi connectivity index (χ1) is 28.4. The number of aromatic nitrogens is 1. The van der Waals surface area contributed by atoms with Crippen molar-refractivity contribution in [3.63, 3.8) is 0 Å². The molecule has 3 N–H and O–H groups in total. The molecule has 0 unspecified atom stereocenters. The molecule has 1 fully saturated rings. The SMILES string of the molecule is CC1(C)CCC(CN2CCN(c3ccc(C(=O)NS(=O)(=O)c4ccc(NCCOC(F)(F)F)c([N+](=O)[O-])c4)c(-c4ccc5[nH]ccc5c4)c3)CC2)=C(c2ccc(Cl)cc2)C1. The van der Waals surface area contributed by atoms with Gasteiger partial charge in [-0.3, -0.25) is 24.5 Å². The van der Waals surface area contributed by atoms with Crippen LogP contribution in [0.2, 0.25) is 5.02 Å². The van der Waals surface area contributed by atoms with Crippen LogP contribution in [-0.4, -0.2) is 81.4 Å². The maximum Gasteiger partial charge on any atom is 0.522 e. The van der Waals surface area contributed by atoms with Gasteiger partial charge < -0.3 is 15.2 Å². The average molecular weight is 865 g/mol. The normalized spacial score (nSPS) is 16.3. The molecule has 1 amide bonds. The summed E-state index contributed by atoms with van der Waals surface area (Å²) in [6.07, 6.45) is 0.0596. The molecule has 2 heterocycles. The first kappa shape index (κ1) is 42.7. The van der Waals surface area contributed by atoms with E-state index in [4.69, 9.17) is 11.6 Å². The highest BCUT2D eigenvalue weighted by molar-refractivity contribution is 7.90. The van der Waals surface area contributed by atoms with Gasteiger partial charge in [0.1, 0.15) is 5.69 Å². The highest BCUT2D eigenvalue weighted by Gasteiger charge is 2.31. The molecule has 1 aliphatic carbocycles. The summed E-state index contributed by atoms with van der Waals surface area (Å²) < 4.78 is 69.9. The molecule has 0 bridgehead atoms. The molecule has 1 aliphatic heterocycles. The van der Waals surface area contributed by atoms with E-state index in [-0.39, 0.29) is 16.7 Å². The number of fused-ring (bicyclic) bond motifs is 1. The predicted octanol–water partition coefficient (Wildman–Crippen LogP) is 9.25. The van der Waals surface area contributed by atoms with Crippen LogP contribution in [0.15, 0.2) is 102 Å². The fraction of sp³-hybridized carbons (Fsp3) is 0.326. The van der Waals surface area contributed by atoms with Crippen LogP contribution in [0.5, 0.6) is 0 Å². The lowest BCUT2D eigenvalue weighted by atomic mass is 9.72. The third-order valence-electron chi connectivity index (χ3n) is 11.0. The first-order valence-electron chi connectivity index (χ1n) is 19.4. The van der Waals surface area contributed by atoms with Crippen molar-refractivity contribution in [3.05, 3.63) is 123 Å². The van der Waals surface area contributed by atoms with Crippen LogP contribution in [0.25, 0.3) is 27.6 Å². The number of carbonyl (C=O) groups excluding carboxylic acids is 1. The average Bonchev–Trinajstić information content (AvgIpc) is 3.68. The maximum absolute atomic E-state index is 13.9. The number of allylic oxidation sites excluding steroid dienone is 1. The van der Waals surface area contributed by atoms with Crippen molar-refractivity contribution >= 4 is 61.1 Å². The largest absolute Gasteiger partial charge is 0.522 e. The first-order valence-corrected chi connectivity index (χ1v) is 21.3. The molecule has 316 valence electrons. The van der Waals surface area contributed by atoms with Gasteiger partial charge in [0.15, 0.2) is 0 Å². The summed E-state index contributed by atoms with van der Waals surface area (Å²) in [7, 11) is -4.66. The smallest absolute Gasteiger partial charge is 0.377 e. The fourth-order valence-corrected chi connectivity index (χ4v) is 8.96. The van der Waals surface area contributed by atoms with Crippen LogP contribution in [0.1, 0.15) is 49.0 Å². The van der Waals surface area contributed by atoms with Crippen LogP contribution in [0.4, 0.5) is 30.2 Å². The lowest BCUT2D eigenvalue weighted by molar-refractivity contribution is -0.384. The number of alkyl halides is 3. The number of carbonyl (C=O) groups is 1. The molecule has 60 heavy (non-hydrogen) atoms. The molecule has 0 spiro atoms.